The van der Waals surface area contributed by atoms with Gasteiger partial charge >= 0.3 is 6.09 Å². The van der Waals surface area contributed by atoms with Crippen molar-refractivity contribution in [2.75, 3.05) is 24.7 Å². The standard InChI is InChI=1S/C24H20ClN5O4S.ClH/c25-20-5-6-22(35-20)34-24(32)27-13-17-14-30(28-23(17)16-7-9-26-10-8-16)19-3-1-18(2-4-19)29-11-12-33-15-21(29)31;/h1-10,14H,11-13,15H2,(H,27,32);1H. The molecule has 0 aliphatic carbocycles. The predicted octanol–water partition coefficient (Wildman–Crippen LogP) is 4.72. The highest BCUT2D eigenvalue weighted by Crippen LogP contribution is 2.28. The van der Waals surface area contributed by atoms with E-state index in [1.165, 1.54) is 11.3 Å². The molecule has 1 fully saturated rings. The largest absolute Gasteiger partial charge is 0.413 e. The number of nitrogens with zero attached hydrogens (tertiary/aromatic N) is 4. The third-order valence-corrected chi connectivity index (χ3v) is 6.43. The SMILES string of the molecule is Cl.O=C(NCc1cn(-c2ccc(N3CCOCC3=O)cc2)nc1-c1ccncc1)Oc1ccc(Cl)s1. The van der Waals surface area contributed by atoms with Gasteiger partial charge in [0.15, 0.2) is 5.06 Å². The second kappa shape index (κ2) is 11.5. The zero-order valence-electron chi connectivity index (χ0n) is 18.8. The summed E-state index contributed by atoms with van der Waals surface area (Å²) in [4.78, 5) is 30.2. The fourth-order valence-corrected chi connectivity index (χ4v) is 4.52. The summed E-state index contributed by atoms with van der Waals surface area (Å²) in [6, 6.07) is 14.6. The molecule has 4 heterocycles. The zero-order valence-corrected chi connectivity index (χ0v) is 21.2. The highest BCUT2D eigenvalue weighted by Gasteiger charge is 2.20. The molecule has 0 saturated carbocycles. The highest BCUT2D eigenvalue weighted by atomic mass is 35.5. The molecule has 36 heavy (non-hydrogen) atoms. The van der Waals surface area contributed by atoms with Gasteiger partial charge in [-0.25, -0.2) is 9.48 Å². The number of thiophene rings is 1. The Morgan fingerprint density at radius 1 is 1.11 bits per heavy atom. The number of aromatic nitrogens is 3. The molecular weight excluding hydrogens is 525 g/mol. The fourth-order valence-electron chi connectivity index (χ4n) is 3.65. The molecule has 1 aliphatic rings. The van der Waals surface area contributed by atoms with Crippen LogP contribution in [0.4, 0.5) is 10.5 Å². The van der Waals surface area contributed by atoms with Crippen molar-refractivity contribution in [3.63, 3.8) is 0 Å². The van der Waals surface area contributed by atoms with Crippen LogP contribution in [-0.4, -0.2) is 46.5 Å². The molecule has 0 atom stereocenters. The summed E-state index contributed by atoms with van der Waals surface area (Å²) >= 11 is 7.07. The maximum Gasteiger partial charge on any atom is 0.413 e. The summed E-state index contributed by atoms with van der Waals surface area (Å²) in [6.45, 7) is 1.33. The van der Waals surface area contributed by atoms with Crippen molar-refractivity contribution in [2.45, 2.75) is 6.54 Å². The van der Waals surface area contributed by atoms with Crippen LogP contribution in [0.25, 0.3) is 16.9 Å². The molecule has 1 N–H and O–H groups in total. The molecule has 1 aliphatic heterocycles. The lowest BCUT2D eigenvalue weighted by Gasteiger charge is -2.26. The lowest BCUT2D eigenvalue weighted by atomic mass is 10.1. The number of hydrogen-bond acceptors (Lipinski definition) is 7. The van der Waals surface area contributed by atoms with Gasteiger partial charge in [-0.2, -0.15) is 5.10 Å². The second-order valence-corrected chi connectivity index (χ2v) is 9.28. The van der Waals surface area contributed by atoms with Crippen molar-refractivity contribution in [2.24, 2.45) is 0 Å². The van der Waals surface area contributed by atoms with Gasteiger partial charge < -0.3 is 19.7 Å². The van der Waals surface area contributed by atoms with Gasteiger partial charge in [0.1, 0.15) is 6.61 Å². The molecule has 0 unspecified atom stereocenters. The summed E-state index contributed by atoms with van der Waals surface area (Å²) in [5.74, 6) is -0.0619. The van der Waals surface area contributed by atoms with E-state index in [4.69, 9.17) is 26.2 Å². The molecule has 3 aromatic heterocycles. The number of hydrogen-bond donors (Lipinski definition) is 1. The third-order valence-electron chi connectivity index (χ3n) is 5.32. The maximum atomic E-state index is 12.3. The Labute approximate surface area is 222 Å². The molecule has 5 rings (SSSR count). The van der Waals surface area contributed by atoms with E-state index in [1.54, 1.807) is 34.1 Å². The summed E-state index contributed by atoms with van der Waals surface area (Å²) in [7, 11) is 0. The molecule has 1 saturated heterocycles. The van der Waals surface area contributed by atoms with Crippen LogP contribution in [0.2, 0.25) is 4.34 Å². The van der Waals surface area contributed by atoms with E-state index in [0.717, 1.165) is 22.5 Å². The summed E-state index contributed by atoms with van der Waals surface area (Å²) in [6.07, 6.45) is 4.65. The van der Waals surface area contributed by atoms with Gasteiger partial charge in [0.25, 0.3) is 5.91 Å². The first-order valence-corrected chi connectivity index (χ1v) is 11.9. The number of carbonyl (C=O) groups is 2. The van der Waals surface area contributed by atoms with Crippen molar-refractivity contribution < 1.29 is 19.1 Å². The van der Waals surface area contributed by atoms with E-state index in [2.05, 4.69) is 10.3 Å². The molecule has 0 radical (unpaired) electrons. The molecule has 0 spiro atoms. The zero-order chi connectivity index (χ0) is 24.2. The second-order valence-electron chi connectivity index (χ2n) is 7.60. The van der Waals surface area contributed by atoms with Crippen LogP contribution in [0.15, 0.2) is 67.1 Å². The van der Waals surface area contributed by atoms with Crippen molar-refractivity contribution >= 4 is 53.0 Å². The van der Waals surface area contributed by atoms with Gasteiger partial charge in [0.05, 0.1) is 22.3 Å². The van der Waals surface area contributed by atoms with Crippen LogP contribution < -0.4 is 15.0 Å². The Balaban J connectivity index is 0.00000304. The van der Waals surface area contributed by atoms with E-state index in [-0.39, 0.29) is 31.5 Å². The number of halogens is 2. The molecule has 4 aromatic rings. The minimum atomic E-state index is -0.587. The van der Waals surface area contributed by atoms with E-state index in [9.17, 15) is 9.59 Å². The normalized spacial score (nSPS) is 13.2. The molecular formula is C24H21Cl2N5O4S. The predicted molar refractivity (Wildman–Crippen MR) is 139 cm³/mol. The average molecular weight is 546 g/mol. The Morgan fingerprint density at radius 3 is 2.56 bits per heavy atom. The van der Waals surface area contributed by atoms with Crippen LogP contribution in [0, 0.1) is 0 Å². The van der Waals surface area contributed by atoms with Gasteiger partial charge in [-0.05, 0) is 48.5 Å². The topological polar surface area (TPSA) is 98.6 Å². The summed E-state index contributed by atoms with van der Waals surface area (Å²) in [5, 5.41) is 7.93. The molecule has 2 amide bonds. The lowest BCUT2D eigenvalue weighted by molar-refractivity contribution is -0.125. The van der Waals surface area contributed by atoms with E-state index < -0.39 is 6.09 Å². The Kier molecular flexibility index (Phi) is 8.21. The molecule has 186 valence electrons. The van der Waals surface area contributed by atoms with Gasteiger partial charge in [0.2, 0.25) is 0 Å². The number of morpholine rings is 1. The average Bonchev–Trinajstić information content (AvgIpc) is 3.50. The third kappa shape index (κ3) is 5.85. The number of rotatable bonds is 6. The van der Waals surface area contributed by atoms with E-state index in [0.29, 0.717) is 28.2 Å². The van der Waals surface area contributed by atoms with Crippen LogP contribution in [0.3, 0.4) is 0 Å². The lowest BCUT2D eigenvalue weighted by Crippen LogP contribution is -2.41. The first-order chi connectivity index (χ1) is 17.1. The first-order valence-electron chi connectivity index (χ1n) is 10.8. The van der Waals surface area contributed by atoms with Gasteiger partial charge in [0, 0.05) is 48.5 Å². The summed E-state index contributed by atoms with van der Waals surface area (Å²) < 4.78 is 12.8. The van der Waals surface area contributed by atoms with Gasteiger partial charge in [-0.1, -0.05) is 22.9 Å². The van der Waals surface area contributed by atoms with Crippen molar-refractivity contribution in [1.82, 2.24) is 20.1 Å². The van der Waals surface area contributed by atoms with Crippen LogP contribution in [0.1, 0.15) is 5.56 Å². The highest BCUT2D eigenvalue weighted by molar-refractivity contribution is 7.17. The number of ether oxygens (including phenoxy) is 2. The van der Waals surface area contributed by atoms with Crippen LogP contribution in [0.5, 0.6) is 5.06 Å². The van der Waals surface area contributed by atoms with Crippen LogP contribution in [-0.2, 0) is 16.1 Å². The molecule has 0 bridgehead atoms. The maximum absolute atomic E-state index is 12.3. The molecule has 9 nitrogen and oxygen atoms in total. The van der Waals surface area contributed by atoms with Gasteiger partial charge in [-0.15, -0.1) is 12.4 Å². The number of carbonyl (C=O) groups excluding carboxylic acids is 2. The minimum Gasteiger partial charge on any atom is -0.399 e. The van der Waals surface area contributed by atoms with Crippen molar-refractivity contribution in [3.8, 4) is 22.0 Å². The van der Waals surface area contributed by atoms with E-state index >= 15 is 0 Å². The van der Waals surface area contributed by atoms with Crippen LogP contribution >= 0.6 is 35.3 Å². The number of pyridine rings is 1. The first kappa shape index (κ1) is 25.6. The van der Waals surface area contributed by atoms with Crippen molar-refractivity contribution in [1.29, 1.82) is 0 Å². The molecule has 1 aromatic carbocycles. The number of amides is 2. The smallest absolute Gasteiger partial charge is 0.399 e. The van der Waals surface area contributed by atoms with Gasteiger partial charge in [-0.3, -0.25) is 9.78 Å². The monoisotopic (exact) mass is 545 g/mol. The molecule has 12 heteroatoms. The minimum absolute atomic E-state index is 0. The number of anilines is 1. The Bertz CT molecular complexity index is 1340. The Morgan fingerprint density at radius 2 is 1.86 bits per heavy atom. The Hall–Kier alpha value is -3.44. The van der Waals surface area contributed by atoms with Crippen molar-refractivity contribution in [3.05, 3.63) is 77.0 Å². The van der Waals surface area contributed by atoms with E-state index in [1.807, 2.05) is 42.6 Å². The number of nitrogens with one attached hydrogen (secondary N) is 1. The quantitative estimate of drug-likeness (QED) is 0.376. The fraction of sp³-hybridized carbons (Fsp3) is 0.167. The summed E-state index contributed by atoms with van der Waals surface area (Å²) in [5.41, 5.74) is 3.99. The number of benzene rings is 1.